The Morgan fingerprint density at radius 2 is 2.03 bits per heavy atom. The molecule has 1 aromatic heterocycles. The Balaban J connectivity index is 1.40. The van der Waals surface area contributed by atoms with Gasteiger partial charge in [-0.2, -0.15) is 18.2 Å². The number of piperidine rings is 1. The second kappa shape index (κ2) is 9.41. The van der Waals surface area contributed by atoms with Crippen molar-refractivity contribution in [1.29, 1.82) is 0 Å². The monoisotopic (exact) mass is 508 g/mol. The van der Waals surface area contributed by atoms with Gasteiger partial charge in [0.05, 0.1) is 23.7 Å². The Morgan fingerprint density at radius 1 is 1.22 bits per heavy atom. The van der Waals surface area contributed by atoms with E-state index in [4.69, 9.17) is 4.52 Å². The molecule has 1 aliphatic rings. The quantitative estimate of drug-likeness (QED) is 0.501. The molecule has 168 valence electrons. The van der Waals surface area contributed by atoms with Crippen LogP contribution in [0.25, 0.3) is 11.4 Å². The molecule has 1 N–H and O–H groups in total. The second-order valence-electron chi connectivity index (χ2n) is 7.63. The van der Waals surface area contributed by atoms with Gasteiger partial charge in [-0.1, -0.05) is 45.4 Å². The first-order valence-corrected chi connectivity index (χ1v) is 10.9. The van der Waals surface area contributed by atoms with Gasteiger partial charge in [-0.3, -0.25) is 9.69 Å². The number of carbonyl (C=O) groups excluding carboxylic acids is 1. The normalized spacial score (nSPS) is 17.3. The third kappa shape index (κ3) is 5.36. The van der Waals surface area contributed by atoms with Gasteiger partial charge < -0.3 is 9.84 Å². The van der Waals surface area contributed by atoms with Crippen molar-refractivity contribution in [2.45, 2.75) is 25.6 Å². The van der Waals surface area contributed by atoms with Crippen LogP contribution in [0.2, 0.25) is 0 Å². The number of para-hydroxylation sites is 1. The highest BCUT2D eigenvalue weighted by Gasteiger charge is 2.34. The average Bonchev–Trinajstić information content (AvgIpc) is 3.22. The van der Waals surface area contributed by atoms with E-state index in [0.29, 0.717) is 31.2 Å². The van der Waals surface area contributed by atoms with Crippen molar-refractivity contribution in [2.75, 3.05) is 18.4 Å². The molecule has 10 heteroatoms. The first-order valence-electron chi connectivity index (χ1n) is 10.1. The molecule has 1 aliphatic heterocycles. The van der Waals surface area contributed by atoms with Crippen LogP contribution in [0, 0.1) is 5.92 Å². The van der Waals surface area contributed by atoms with Gasteiger partial charge in [0.2, 0.25) is 17.6 Å². The maximum atomic E-state index is 13.2. The van der Waals surface area contributed by atoms with Crippen LogP contribution in [0.5, 0.6) is 0 Å². The number of nitrogens with one attached hydrogen (secondary N) is 1. The minimum absolute atomic E-state index is 0.224. The second-order valence-corrected chi connectivity index (χ2v) is 8.54. The number of carbonyl (C=O) groups is 1. The summed E-state index contributed by atoms with van der Waals surface area (Å²) in [5.74, 6) is 0.0316. The molecule has 0 bridgehead atoms. The van der Waals surface area contributed by atoms with Crippen LogP contribution in [0.15, 0.2) is 57.5 Å². The molecule has 0 radical (unpaired) electrons. The van der Waals surface area contributed by atoms with Crippen molar-refractivity contribution in [2.24, 2.45) is 5.92 Å². The van der Waals surface area contributed by atoms with Crippen LogP contribution in [-0.2, 0) is 17.5 Å². The third-order valence-electron chi connectivity index (χ3n) is 5.28. The summed E-state index contributed by atoms with van der Waals surface area (Å²) in [5, 5.41) is 6.48. The molecular weight excluding hydrogens is 489 g/mol. The van der Waals surface area contributed by atoms with E-state index >= 15 is 0 Å². The minimum Gasteiger partial charge on any atom is -0.338 e. The predicted octanol–water partition coefficient (Wildman–Crippen LogP) is 5.37. The van der Waals surface area contributed by atoms with E-state index < -0.39 is 23.6 Å². The summed E-state index contributed by atoms with van der Waals surface area (Å²) in [4.78, 5) is 19.1. The number of anilines is 1. The van der Waals surface area contributed by atoms with E-state index in [1.54, 1.807) is 0 Å². The third-order valence-corrected chi connectivity index (χ3v) is 5.77. The number of amides is 1. The van der Waals surface area contributed by atoms with Crippen molar-refractivity contribution in [3.05, 3.63) is 64.5 Å². The first-order chi connectivity index (χ1) is 15.3. The van der Waals surface area contributed by atoms with Crippen molar-refractivity contribution < 1.29 is 22.5 Å². The molecule has 6 nitrogen and oxygen atoms in total. The number of nitrogens with zero attached hydrogens (tertiary/aromatic N) is 3. The van der Waals surface area contributed by atoms with Crippen LogP contribution in [-0.4, -0.2) is 34.0 Å². The molecule has 2 heterocycles. The largest absolute Gasteiger partial charge is 0.418 e. The predicted molar refractivity (Wildman–Crippen MR) is 116 cm³/mol. The number of halogens is 4. The lowest BCUT2D eigenvalue weighted by Gasteiger charge is -2.31. The Kier molecular flexibility index (Phi) is 6.61. The molecule has 1 atom stereocenters. The highest BCUT2D eigenvalue weighted by molar-refractivity contribution is 9.10. The fourth-order valence-electron chi connectivity index (χ4n) is 3.74. The molecule has 1 unspecified atom stereocenters. The smallest absolute Gasteiger partial charge is 0.338 e. The number of alkyl halides is 3. The number of benzene rings is 2. The van der Waals surface area contributed by atoms with E-state index in [1.165, 1.54) is 18.2 Å². The molecule has 1 fully saturated rings. The van der Waals surface area contributed by atoms with E-state index in [1.807, 2.05) is 29.2 Å². The summed E-state index contributed by atoms with van der Waals surface area (Å²) in [5.41, 5.74) is -0.266. The number of likely N-dealkylation sites (tertiary alicyclic amines) is 1. The Hall–Kier alpha value is -2.72. The maximum Gasteiger partial charge on any atom is 0.418 e. The van der Waals surface area contributed by atoms with E-state index in [0.717, 1.165) is 29.1 Å². The molecule has 4 rings (SSSR count). The Labute approximate surface area is 190 Å². The number of aromatic nitrogens is 2. The summed E-state index contributed by atoms with van der Waals surface area (Å²) < 4.78 is 45.9. The molecule has 3 aromatic rings. The van der Waals surface area contributed by atoms with Crippen LogP contribution >= 0.6 is 15.9 Å². The van der Waals surface area contributed by atoms with E-state index in [2.05, 4.69) is 31.4 Å². The molecule has 0 saturated carbocycles. The lowest BCUT2D eigenvalue weighted by atomic mass is 9.97. The standard InChI is InChI=1S/C22H20BrF3N4O2/c23-16-7-3-5-14(11-16)20-28-19(32-29-20)13-30-10-4-6-15(12-30)21(31)27-18-9-2-1-8-17(18)22(24,25)26/h1-3,5,7-9,11,15H,4,6,10,12-13H2,(H,27,31). The Morgan fingerprint density at radius 3 is 2.81 bits per heavy atom. The van der Waals surface area contributed by atoms with Gasteiger partial charge in [0, 0.05) is 16.6 Å². The van der Waals surface area contributed by atoms with Gasteiger partial charge >= 0.3 is 6.18 Å². The zero-order chi connectivity index (χ0) is 22.7. The molecule has 1 amide bonds. The van der Waals surface area contributed by atoms with Crippen molar-refractivity contribution >= 4 is 27.5 Å². The van der Waals surface area contributed by atoms with Crippen molar-refractivity contribution in [3.8, 4) is 11.4 Å². The molecular formula is C22H20BrF3N4O2. The Bertz CT molecular complexity index is 1100. The van der Waals surface area contributed by atoms with Gasteiger partial charge in [-0.15, -0.1) is 0 Å². The highest BCUT2D eigenvalue weighted by atomic mass is 79.9. The average molecular weight is 509 g/mol. The molecule has 32 heavy (non-hydrogen) atoms. The molecule has 0 spiro atoms. The van der Waals surface area contributed by atoms with Crippen molar-refractivity contribution in [1.82, 2.24) is 15.0 Å². The van der Waals surface area contributed by atoms with Gasteiger partial charge in [0.15, 0.2) is 0 Å². The summed E-state index contributed by atoms with van der Waals surface area (Å²) in [6.07, 6.45) is -3.19. The van der Waals surface area contributed by atoms with Crippen LogP contribution in [0.4, 0.5) is 18.9 Å². The topological polar surface area (TPSA) is 71.3 Å². The summed E-state index contributed by atoms with van der Waals surface area (Å²) >= 11 is 3.41. The van der Waals surface area contributed by atoms with Crippen LogP contribution in [0.1, 0.15) is 24.3 Å². The summed E-state index contributed by atoms with van der Waals surface area (Å²) in [7, 11) is 0. The fraction of sp³-hybridized carbons (Fsp3) is 0.318. The van der Waals surface area contributed by atoms with Gasteiger partial charge in [0.1, 0.15) is 0 Å². The minimum atomic E-state index is -4.54. The fourth-order valence-corrected chi connectivity index (χ4v) is 4.14. The number of hydrogen-bond acceptors (Lipinski definition) is 5. The van der Waals surface area contributed by atoms with Crippen molar-refractivity contribution in [3.63, 3.8) is 0 Å². The highest BCUT2D eigenvalue weighted by Crippen LogP contribution is 2.35. The van der Waals surface area contributed by atoms with E-state index in [9.17, 15) is 18.0 Å². The number of rotatable bonds is 5. The van der Waals surface area contributed by atoms with Gasteiger partial charge in [-0.25, -0.2) is 0 Å². The zero-order valence-electron chi connectivity index (χ0n) is 16.9. The van der Waals surface area contributed by atoms with Gasteiger partial charge in [0.25, 0.3) is 0 Å². The molecule has 0 aliphatic carbocycles. The maximum absolute atomic E-state index is 13.2. The van der Waals surface area contributed by atoms with E-state index in [-0.39, 0.29) is 5.69 Å². The molecule has 2 aromatic carbocycles. The molecule has 1 saturated heterocycles. The summed E-state index contributed by atoms with van der Waals surface area (Å²) in [6.45, 7) is 1.50. The first kappa shape index (κ1) is 22.5. The lowest BCUT2D eigenvalue weighted by molar-refractivity contribution is -0.137. The zero-order valence-corrected chi connectivity index (χ0v) is 18.5. The number of hydrogen-bond donors (Lipinski definition) is 1. The van der Waals surface area contributed by atoms with Gasteiger partial charge in [-0.05, 0) is 43.7 Å². The van der Waals surface area contributed by atoms with Crippen LogP contribution < -0.4 is 5.32 Å². The lowest BCUT2D eigenvalue weighted by Crippen LogP contribution is -2.40. The van der Waals surface area contributed by atoms with Crippen LogP contribution in [0.3, 0.4) is 0 Å². The SMILES string of the molecule is O=C(Nc1ccccc1C(F)(F)F)C1CCCN(Cc2nc(-c3cccc(Br)c3)no2)C1. The summed E-state index contributed by atoms with van der Waals surface area (Å²) in [6, 6.07) is 12.5.